The SMILES string of the molecule is O=C(Nc1cc(Cl)ccc1Cl)c1cc(Br)c(Br)s1. The van der Waals surface area contributed by atoms with Crippen molar-refractivity contribution in [3.05, 3.63) is 47.4 Å². The predicted octanol–water partition coefficient (Wildman–Crippen LogP) is 5.83. The summed E-state index contributed by atoms with van der Waals surface area (Å²) in [6, 6.07) is 6.65. The molecule has 94 valence electrons. The molecule has 0 spiro atoms. The Morgan fingerprint density at radius 3 is 2.56 bits per heavy atom. The maximum Gasteiger partial charge on any atom is 0.265 e. The van der Waals surface area contributed by atoms with Crippen LogP contribution < -0.4 is 5.32 Å². The molecule has 0 saturated carbocycles. The first kappa shape index (κ1) is 14.3. The highest BCUT2D eigenvalue weighted by atomic mass is 79.9. The molecule has 0 aliphatic rings. The van der Waals surface area contributed by atoms with Crippen molar-refractivity contribution in [3.8, 4) is 0 Å². The first-order valence-electron chi connectivity index (χ1n) is 4.68. The fraction of sp³-hybridized carbons (Fsp3) is 0. The fourth-order valence-electron chi connectivity index (χ4n) is 1.24. The van der Waals surface area contributed by atoms with E-state index < -0.39 is 0 Å². The second kappa shape index (κ2) is 5.92. The fourth-order valence-corrected chi connectivity index (χ4v) is 3.50. The summed E-state index contributed by atoms with van der Waals surface area (Å²) in [7, 11) is 0. The van der Waals surface area contributed by atoms with E-state index in [-0.39, 0.29) is 5.91 Å². The number of benzene rings is 1. The molecule has 1 N–H and O–H groups in total. The van der Waals surface area contributed by atoms with Gasteiger partial charge < -0.3 is 5.32 Å². The van der Waals surface area contributed by atoms with Crippen molar-refractivity contribution in [1.29, 1.82) is 0 Å². The molecule has 1 aromatic carbocycles. The molecule has 2 nitrogen and oxygen atoms in total. The van der Waals surface area contributed by atoms with E-state index in [4.69, 9.17) is 23.2 Å². The molecule has 1 aromatic heterocycles. The molecular formula is C11H5Br2Cl2NOS. The van der Waals surface area contributed by atoms with Crippen LogP contribution in [0.4, 0.5) is 5.69 Å². The third-order valence-corrected chi connectivity index (χ3v) is 5.87. The van der Waals surface area contributed by atoms with Crippen LogP contribution in [0.3, 0.4) is 0 Å². The van der Waals surface area contributed by atoms with E-state index in [9.17, 15) is 4.79 Å². The lowest BCUT2D eigenvalue weighted by Gasteiger charge is -2.06. The van der Waals surface area contributed by atoms with Crippen LogP contribution in [0.25, 0.3) is 0 Å². The predicted molar refractivity (Wildman–Crippen MR) is 84.1 cm³/mol. The molecule has 0 aliphatic carbocycles. The first-order valence-corrected chi connectivity index (χ1v) is 7.84. The van der Waals surface area contributed by atoms with Gasteiger partial charge in [-0.15, -0.1) is 11.3 Å². The van der Waals surface area contributed by atoms with E-state index in [1.165, 1.54) is 11.3 Å². The summed E-state index contributed by atoms with van der Waals surface area (Å²) in [4.78, 5) is 12.6. The van der Waals surface area contributed by atoms with Crippen LogP contribution in [0.15, 0.2) is 32.5 Å². The standard InChI is InChI=1S/C11H5Br2Cl2NOS/c12-6-4-9(18-10(6)13)11(17)16-8-3-5(14)1-2-7(8)15/h1-4H,(H,16,17). The molecule has 2 aromatic rings. The number of amides is 1. The summed E-state index contributed by atoms with van der Waals surface area (Å²) in [5.41, 5.74) is 0.495. The normalized spacial score (nSPS) is 10.4. The van der Waals surface area contributed by atoms with Gasteiger partial charge in [-0.05, 0) is 56.1 Å². The molecule has 0 radical (unpaired) electrons. The van der Waals surface area contributed by atoms with Crippen molar-refractivity contribution in [3.63, 3.8) is 0 Å². The lowest BCUT2D eigenvalue weighted by Crippen LogP contribution is -2.10. The highest BCUT2D eigenvalue weighted by Crippen LogP contribution is 2.33. The number of nitrogens with one attached hydrogen (secondary N) is 1. The molecule has 1 amide bonds. The molecule has 0 aliphatic heterocycles. The minimum Gasteiger partial charge on any atom is -0.320 e. The minimum absolute atomic E-state index is 0.226. The molecular weight excluding hydrogens is 425 g/mol. The van der Waals surface area contributed by atoms with Gasteiger partial charge in [0.15, 0.2) is 0 Å². The van der Waals surface area contributed by atoms with Crippen LogP contribution in [0, 0.1) is 0 Å². The average molecular weight is 430 g/mol. The van der Waals surface area contributed by atoms with E-state index in [1.807, 2.05) is 0 Å². The van der Waals surface area contributed by atoms with Gasteiger partial charge in [0.25, 0.3) is 5.91 Å². The van der Waals surface area contributed by atoms with Crippen molar-refractivity contribution in [2.45, 2.75) is 0 Å². The van der Waals surface area contributed by atoms with Gasteiger partial charge in [-0.25, -0.2) is 0 Å². The highest BCUT2D eigenvalue weighted by molar-refractivity contribution is 9.13. The van der Waals surface area contributed by atoms with Crippen molar-refractivity contribution < 1.29 is 4.79 Å². The maximum atomic E-state index is 12.0. The Hall–Kier alpha value is -0.0700. The second-order valence-corrected chi connectivity index (χ2v) is 7.38. The summed E-state index contributed by atoms with van der Waals surface area (Å²) in [5.74, 6) is -0.226. The summed E-state index contributed by atoms with van der Waals surface area (Å²) in [6.45, 7) is 0. The second-order valence-electron chi connectivity index (χ2n) is 3.31. The lowest BCUT2D eigenvalue weighted by molar-refractivity contribution is 0.103. The number of hydrogen-bond acceptors (Lipinski definition) is 2. The lowest BCUT2D eigenvalue weighted by atomic mass is 10.3. The Balaban J connectivity index is 2.23. The van der Waals surface area contributed by atoms with Crippen molar-refractivity contribution in [2.24, 2.45) is 0 Å². The van der Waals surface area contributed by atoms with Gasteiger partial charge in [-0.1, -0.05) is 23.2 Å². The third-order valence-electron chi connectivity index (χ3n) is 2.05. The Labute approximate surface area is 135 Å². The smallest absolute Gasteiger partial charge is 0.265 e. The quantitative estimate of drug-likeness (QED) is 0.639. The van der Waals surface area contributed by atoms with Crippen LogP contribution in [0.1, 0.15) is 9.67 Å². The number of thiophene rings is 1. The van der Waals surface area contributed by atoms with Gasteiger partial charge in [0.2, 0.25) is 0 Å². The van der Waals surface area contributed by atoms with Gasteiger partial charge >= 0.3 is 0 Å². The molecule has 0 atom stereocenters. The molecule has 1 heterocycles. The van der Waals surface area contributed by atoms with Crippen LogP contribution >= 0.6 is 66.4 Å². The topological polar surface area (TPSA) is 29.1 Å². The van der Waals surface area contributed by atoms with Gasteiger partial charge in [0.1, 0.15) is 0 Å². The maximum absolute atomic E-state index is 12.0. The largest absolute Gasteiger partial charge is 0.320 e. The first-order chi connectivity index (χ1) is 8.47. The van der Waals surface area contributed by atoms with Crippen LogP contribution in [-0.4, -0.2) is 5.91 Å². The van der Waals surface area contributed by atoms with E-state index in [1.54, 1.807) is 24.3 Å². The van der Waals surface area contributed by atoms with Gasteiger partial charge in [0, 0.05) is 9.50 Å². The Kier molecular flexibility index (Phi) is 4.72. The van der Waals surface area contributed by atoms with Crippen molar-refractivity contribution in [1.82, 2.24) is 0 Å². The van der Waals surface area contributed by atoms with Gasteiger partial charge in [-0.2, -0.15) is 0 Å². The number of rotatable bonds is 2. The molecule has 7 heteroatoms. The monoisotopic (exact) mass is 427 g/mol. The summed E-state index contributed by atoms with van der Waals surface area (Å²) < 4.78 is 1.71. The molecule has 0 unspecified atom stereocenters. The molecule has 0 saturated heterocycles. The zero-order valence-electron chi connectivity index (χ0n) is 8.64. The minimum atomic E-state index is -0.226. The number of anilines is 1. The highest BCUT2D eigenvalue weighted by Gasteiger charge is 2.13. The van der Waals surface area contributed by atoms with E-state index in [0.717, 1.165) is 8.26 Å². The van der Waals surface area contributed by atoms with Gasteiger partial charge in [0.05, 0.1) is 19.4 Å². The third kappa shape index (κ3) is 3.27. The summed E-state index contributed by atoms with van der Waals surface area (Å²) >= 11 is 19.8. The number of carbonyl (C=O) groups is 1. The number of carbonyl (C=O) groups excluding carboxylic acids is 1. The van der Waals surface area contributed by atoms with Crippen LogP contribution in [0.5, 0.6) is 0 Å². The van der Waals surface area contributed by atoms with Gasteiger partial charge in [-0.3, -0.25) is 4.79 Å². The Morgan fingerprint density at radius 2 is 1.94 bits per heavy atom. The molecule has 0 bridgehead atoms. The van der Waals surface area contributed by atoms with E-state index in [0.29, 0.717) is 20.6 Å². The van der Waals surface area contributed by atoms with Crippen LogP contribution in [-0.2, 0) is 0 Å². The zero-order chi connectivity index (χ0) is 13.3. The molecule has 2 rings (SSSR count). The number of halogens is 4. The van der Waals surface area contributed by atoms with E-state index in [2.05, 4.69) is 37.2 Å². The summed E-state index contributed by atoms with van der Waals surface area (Å²) in [6.07, 6.45) is 0. The van der Waals surface area contributed by atoms with Crippen molar-refractivity contribution >= 4 is 78.0 Å². The number of hydrogen-bond donors (Lipinski definition) is 1. The summed E-state index contributed by atoms with van der Waals surface area (Å²) in [5, 5.41) is 3.68. The molecule has 18 heavy (non-hydrogen) atoms. The van der Waals surface area contributed by atoms with Crippen LogP contribution in [0.2, 0.25) is 10.0 Å². The average Bonchev–Trinajstić information content (AvgIpc) is 2.64. The Bertz CT molecular complexity index is 596. The van der Waals surface area contributed by atoms with Crippen molar-refractivity contribution in [2.75, 3.05) is 5.32 Å². The van der Waals surface area contributed by atoms with E-state index >= 15 is 0 Å². The molecule has 0 fully saturated rings. The zero-order valence-corrected chi connectivity index (χ0v) is 14.1. The Morgan fingerprint density at radius 1 is 1.22 bits per heavy atom.